The van der Waals surface area contributed by atoms with Gasteiger partial charge in [0, 0.05) is 22.9 Å². The fourth-order valence-electron chi connectivity index (χ4n) is 5.58. The molecule has 3 heterocycles. The number of aromatic nitrogens is 1. The molecule has 1 unspecified atom stereocenters. The molecule has 5 rings (SSSR count). The largest absolute Gasteiger partial charge is 0.303 e. The monoisotopic (exact) mass is 409 g/mol. The van der Waals surface area contributed by atoms with Gasteiger partial charge in [-0.1, -0.05) is 12.1 Å². The molecule has 2 saturated heterocycles. The Bertz CT molecular complexity index is 821. The summed E-state index contributed by atoms with van der Waals surface area (Å²) in [6.07, 6.45) is 11.9. The predicted octanol–water partition coefficient (Wildman–Crippen LogP) is 5.35. The highest BCUT2D eigenvalue weighted by Gasteiger charge is 2.25. The first-order chi connectivity index (χ1) is 14.3. The van der Waals surface area contributed by atoms with Gasteiger partial charge in [-0.25, -0.2) is 4.98 Å². The number of benzene rings is 1. The van der Waals surface area contributed by atoms with E-state index in [1.54, 1.807) is 11.1 Å². The molecule has 2 fully saturated rings. The van der Waals surface area contributed by atoms with Crippen molar-refractivity contribution in [2.45, 2.75) is 69.7 Å². The lowest BCUT2D eigenvalue weighted by Gasteiger charge is -2.32. The summed E-state index contributed by atoms with van der Waals surface area (Å²) in [5.74, 6) is 0.664. The summed E-state index contributed by atoms with van der Waals surface area (Å²) in [6, 6.07) is 7.89. The summed E-state index contributed by atoms with van der Waals surface area (Å²) in [6.45, 7) is 5.06. The van der Waals surface area contributed by atoms with E-state index in [9.17, 15) is 0 Å². The Labute approximate surface area is 180 Å². The first-order valence-electron chi connectivity index (χ1n) is 11.8. The second-order valence-electron chi connectivity index (χ2n) is 9.44. The van der Waals surface area contributed by atoms with Gasteiger partial charge in [0.2, 0.25) is 0 Å². The number of rotatable bonds is 5. The molecule has 2 aliphatic heterocycles. The summed E-state index contributed by atoms with van der Waals surface area (Å²) in [5.41, 5.74) is 5.65. The summed E-state index contributed by atoms with van der Waals surface area (Å²) in [7, 11) is 2.30. The van der Waals surface area contributed by atoms with Gasteiger partial charge in [0.05, 0.1) is 10.7 Å². The summed E-state index contributed by atoms with van der Waals surface area (Å²) in [4.78, 5) is 10.3. The summed E-state index contributed by atoms with van der Waals surface area (Å²) in [5, 5.41) is 3.66. The maximum absolute atomic E-state index is 5.09. The highest BCUT2D eigenvalue weighted by molar-refractivity contribution is 7.10. The molecule has 0 radical (unpaired) electrons. The second kappa shape index (κ2) is 8.87. The average Bonchev–Trinajstić information content (AvgIpc) is 3.42. The molecule has 0 amide bonds. The van der Waals surface area contributed by atoms with E-state index in [0.717, 1.165) is 6.04 Å². The Morgan fingerprint density at radius 2 is 1.83 bits per heavy atom. The maximum Gasteiger partial charge on any atom is 0.0964 e. The van der Waals surface area contributed by atoms with E-state index < -0.39 is 0 Å². The van der Waals surface area contributed by atoms with Crippen molar-refractivity contribution in [2.75, 3.05) is 33.2 Å². The molecule has 1 aromatic carbocycles. The zero-order chi connectivity index (χ0) is 19.6. The molecule has 0 saturated carbocycles. The number of fused-ring (bicyclic) bond motifs is 1. The molecule has 1 aromatic heterocycles. The van der Waals surface area contributed by atoms with Gasteiger partial charge in [-0.2, -0.15) is 0 Å². The van der Waals surface area contributed by atoms with Crippen molar-refractivity contribution in [3.8, 4) is 11.3 Å². The third-order valence-electron chi connectivity index (χ3n) is 7.55. The lowest BCUT2D eigenvalue weighted by Crippen LogP contribution is -2.36. The lowest BCUT2D eigenvalue weighted by atomic mass is 9.90. The zero-order valence-corrected chi connectivity index (χ0v) is 18.7. The predicted molar refractivity (Wildman–Crippen MR) is 123 cm³/mol. The van der Waals surface area contributed by atoms with E-state index in [-0.39, 0.29) is 0 Å². The molecule has 3 aliphatic rings. The highest BCUT2D eigenvalue weighted by atomic mass is 32.1. The van der Waals surface area contributed by atoms with Crippen molar-refractivity contribution in [3.05, 3.63) is 39.7 Å². The van der Waals surface area contributed by atoms with Crippen molar-refractivity contribution in [1.82, 2.24) is 14.8 Å². The van der Waals surface area contributed by atoms with E-state index >= 15 is 0 Å². The van der Waals surface area contributed by atoms with Crippen LogP contribution < -0.4 is 0 Å². The molecule has 0 spiro atoms. The third kappa shape index (κ3) is 4.45. The minimum Gasteiger partial charge on any atom is -0.303 e. The molecule has 0 bridgehead atoms. The van der Waals surface area contributed by atoms with Crippen LogP contribution in [0.2, 0.25) is 0 Å². The van der Waals surface area contributed by atoms with Crippen LogP contribution in [0, 0.1) is 0 Å². The molecule has 3 nitrogen and oxygen atoms in total. The molecule has 0 N–H and O–H groups in total. The Morgan fingerprint density at radius 3 is 2.62 bits per heavy atom. The molecule has 29 heavy (non-hydrogen) atoms. The van der Waals surface area contributed by atoms with Crippen molar-refractivity contribution < 1.29 is 0 Å². The number of piperidine rings is 1. The summed E-state index contributed by atoms with van der Waals surface area (Å²) >= 11 is 1.89. The van der Waals surface area contributed by atoms with Crippen LogP contribution in [0.1, 0.15) is 67.0 Å². The smallest absolute Gasteiger partial charge is 0.0964 e. The molecular formula is C25H35N3S. The quantitative estimate of drug-likeness (QED) is 0.663. The van der Waals surface area contributed by atoms with Crippen LogP contribution in [0.3, 0.4) is 0 Å². The van der Waals surface area contributed by atoms with Crippen molar-refractivity contribution in [1.29, 1.82) is 0 Å². The molecule has 4 heteroatoms. The fourth-order valence-corrected chi connectivity index (χ4v) is 6.58. The Kier molecular flexibility index (Phi) is 6.03. The van der Waals surface area contributed by atoms with Crippen molar-refractivity contribution in [3.63, 3.8) is 0 Å². The van der Waals surface area contributed by atoms with Crippen LogP contribution in [0.5, 0.6) is 0 Å². The Balaban J connectivity index is 1.16. The minimum absolute atomic E-state index is 0.664. The normalized spacial score (nSPS) is 24.1. The molecule has 1 aliphatic carbocycles. The van der Waals surface area contributed by atoms with Crippen molar-refractivity contribution in [2.24, 2.45) is 0 Å². The number of hydrogen-bond donors (Lipinski definition) is 0. The van der Waals surface area contributed by atoms with Gasteiger partial charge >= 0.3 is 0 Å². The van der Waals surface area contributed by atoms with Crippen LogP contribution in [0.15, 0.2) is 23.6 Å². The Hall–Kier alpha value is -1.23. The van der Waals surface area contributed by atoms with E-state index in [0.29, 0.717) is 5.92 Å². The molecule has 1 atom stereocenters. The molecule has 2 aromatic rings. The standard InChI is InChI=1S/C25H35N3S/c1-27-13-4-7-23(27)12-16-28-14-10-20(11-15-28)25-26-24(18-29-25)22-9-8-19-5-2-3-6-21(19)17-22/h8-9,17-18,20,23H,2-7,10-16H2,1H3. The van der Waals surface area contributed by atoms with E-state index in [1.807, 2.05) is 11.3 Å². The maximum atomic E-state index is 5.09. The van der Waals surface area contributed by atoms with Crippen molar-refractivity contribution >= 4 is 11.3 Å². The van der Waals surface area contributed by atoms with Gasteiger partial charge in [-0.05, 0) is 108 Å². The SMILES string of the molecule is CN1CCCC1CCN1CCC(c2nc(-c3ccc4c(c3)CCCC4)cs2)CC1. The highest BCUT2D eigenvalue weighted by Crippen LogP contribution is 2.34. The minimum atomic E-state index is 0.664. The lowest BCUT2D eigenvalue weighted by molar-refractivity contribution is 0.186. The topological polar surface area (TPSA) is 19.4 Å². The average molecular weight is 410 g/mol. The molecule has 156 valence electrons. The van der Waals surface area contributed by atoms with Crippen LogP contribution in [-0.4, -0.2) is 54.1 Å². The van der Waals surface area contributed by atoms with Gasteiger partial charge in [0.1, 0.15) is 0 Å². The van der Waals surface area contributed by atoms with Crippen LogP contribution in [0.4, 0.5) is 0 Å². The van der Waals surface area contributed by atoms with Gasteiger partial charge in [-0.15, -0.1) is 11.3 Å². The van der Waals surface area contributed by atoms with E-state index in [2.05, 4.69) is 40.4 Å². The van der Waals surface area contributed by atoms with Gasteiger partial charge in [0.15, 0.2) is 0 Å². The summed E-state index contributed by atoms with van der Waals surface area (Å²) < 4.78 is 0. The van der Waals surface area contributed by atoms with Gasteiger partial charge in [0.25, 0.3) is 0 Å². The van der Waals surface area contributed by atoms with Crippen LogP contribution in [0.25, 0.3) is 11.3 Å². The van der Waals surface area contributed by atoms with Crippen LogP contribution in [-0.2, 0) is 12.8 Å². The number of aryl methyl sites for hydroxylation is 2. The van der Waals surface area contributed by atoms with Gasteiger partial charge in [-0.3, -0.25) is 0 Å². The van der Waals surface area contributed by atoms with E-state index in [4.69, 9.17) is 4.98 Å². The Morgan fingerprint density at radius 1 is 1.00 bits per heavy atom. The fraction of sp³-hybridized carbons (Fsp3) is 0.640. The van der Waals surface area contributed by atoms with Gasteiger partial charge < -0.3 is 9.80 Å². The zero-order valence-electron chi connectivity index (χ0n) is 17.9. The van der Waals surface area contributed by atoms with E-state index in [1.165, 1.54) is 100 Å². The number of nitrogens with zero attached hydrogens (tertiary/aromatic N) is 3. The second-order valence-corrected chi connectivity index (χ2v) is 10.3. The van der Waals surface area contributed by atoms with Crippen LogP contribution >= 0.6 is 11.3 Å². The number of thiazole rings is 1. The molecular weight excluding hydrogens is 374 g/mol. The first-order valence-corrected chi connectivity index (χ1v) is 12.6. The number of likely N-dealkylation sites (tertiary alicyclic amines) is 2. The number of hydrogen-bond acceptors (Lipinski definition) is 4. The third-order valence-corrected chi connectivity index (χ3v) is 8.56. The first kappa shape index (κ1) is 19.7.